The highest BCUT2D eigenvalue weighted by molar-refractivity contribution is 9.10. The second-order valence-corrected chi connectivity index (χ2v) is 10.5. The first-order valence-corrected chi connectivity index (χ1v) is 13.6. The molecule has 5 rings (SSSR count). The first-order chi connectivity index (χ1) is 18.7. The summed E-state index contributed by atoms with van der Waals surface area (Å²) in [5, 5.41) is 18.1. The van der Waals surface area contributed by atoms with Crippen LogP contribution in [0.2, 0.25) is 0 Å². The second-order valence-electron chi connectivity index (χ2n) is 8.74. The van der Waals surface area contributed by atoms with Gasteiger partial charge in [-0.2, -0.15) is 5.10 Å². The van der Waals surface area contributed by atoms with Gasteiger partial charge in [-0.25, -0.2) is 14.4 Å². The van der Waals surface area contributed by atoms with Gasteiger partial charge in [-0.15, -0.1) is 11.3 Å². The first kappa shape index (κ1) is 26.3. The average molecular weight is 604 g/mol. The van der Waals surface area contributed by atoms with Crippen molar-refractivity contribution in [1.82, 2.24) is 14.0 Å². The van der Waals surface area contributed by atoms with Crippen molar-refractivity contribution in [2.24, 2.45) is 17.1 Å². The van der Waals surface area contributed by atoms with Gasteiger partial charge in [-0.05, 0) is 38.1 Å². The van der Waals surface area contributed by atoms with E-state index in [1.54, 1.807) is 33.1 Å². The van der Waals surface area contributed by atoms with E-state index in [0.29, 0.717) is 27.5 Å². The Morgan fingerprint density at radius 2 is 1.77 bits per heavy atom. The minimum atomic E-state index is -0.432. The summed E-state index contributed by atoms with van der Waals surface area (Å²) in [5.41, 5.74) is 4.31. The number of nitro benzene ring substituents is 1. The highest BCUT2D eigenvalue weighted by atomic mass is 79.9. The Balaban J connectivity index is 1.73. The molecule has 0 bridgehead atoms. The number of hydrogen-bond donors (Lipinski definition) is 0. The number of rotatable bonds is 6. The maximum absolute atomic E-state index is 13.5. The van der Waals surface area contributed by atoms with Gasteiger partial charge >= 0.3 is 0 Å². The summed E-state index contributed by atoms with van der Waals surface area (Å²) >= 11 is 4.88. The van der Waals surface area contributed by atoms with Gasteiger partial charge in [0.15, 0.2) is 5.69 Å². The van der Waals surface area contributed by atoms with Crippen LogP contribution in [0.25, 0.3) is 16.9 Å². The molecule has 5 aromatic rings. The van der Waals surface area contributed by atoms with Crippen molar-refractivity contribution in [3.05, 3.63) is 125 Å². The van der Waals surface area contributed by atoms with Gasteiger partial charge in [0.05, 0.1) is 27.7 Å². The number of hydrogen-bond acceptors (Lipinski definition) is 6. The van der Waals surface area contributed by atoms with Gasteiger partial charge in [0, 0.05) is 40.2 Å². The third-order valence-corrected chi connectivity index (χ3v) is 7.57. The number of halogens is 1. The highest BCUT2D eigenvalue weighted by Gasteiger charge is 2.17. The van der Waals surface area contributed by atoms with Gasteiger partial charge in [0.25, 0.3) is 11.2 Å². The molecule has 0 saturated carbocycles. The molecular formula is C28H23BrN6O3S. The van der Waals surface area contributed by atoms with E-state index < -0.39 is 4.92 Å². The molecule has 0 atom stereocenters. The minimum absolute atomic E-state index is 0.0177. The number of nitrogens with zero attached hydrogens (tertiary/aromatic N) is 6. The summed E-state index contributed by atoms with van der Waals surface area (Å²) in [5.74, 6) is 0. The number of thiazole rings is 1. The van der Waals surface area contributed by atoms with Gasteiger partial charge in [-0.3, -0.25) is 19.6 Å². The van der Waals surface area contributed by atoms with Crippen LogP contribution in [0.3, 0.4) is 0 Å². The summed E-state index contributed by atoms with van der Waals surface area (Å²) in [6, 6.07) is 23.5. The van der Waals surface area contributed by atoms with Crippen molar-refractivity contribution in [1.29, 1.82) is 0 Å². The zero-order valence-corrected chi connectivity index (χ0v) is 23.7. The molecule has 0 radical (unpaired) electrons. The Kier molecular flexibility index (Phi) is 7.27. The lowest BCUT2D eigenvalue weighted by atomic mass is 10.1. The number of para-hydroxylation sites is 1. The predicted molar refractivity (Wildman–Crippen MR) is 157 cm³/mol. The van der Waals surface area contributed by atoms with Crippen molar-refractivity contribution in [2.75, 3.05) is 0 Å². The molecule has 39 heavy (non-hydrogen) atoms. The molecule has 0 fully saturated rings. The standard InChI is InChI=1S/C28H23BrN6O3S/c1-18(20-9-8-14-24(16-20)35(37)38)31-33-25(21-10-7-11-22(29)15-21)17-39-28(33)30-26-19(2)32(3)34(27(26)36)23-12-5-4-6-13-23/h4-17H,1-3H3. The molecule has 0 unspecified atom stereocenters. The first-order valence-electron chi connectivity index (χ1n) is 11.9. The minimum Gasteiger partial charge on any atom is -0.283 e. The molecular weight excluding hydrogens is 580 g/mol. The number of nitro groups is 1. The molecule has 0 aliphatic rings. The summed E-state index contributed by atoms with van der Waals surface area (Å²) in [7, 11) is 1.82. The average Bonchev–Trinajstić information content (AvgIpc) is 3.42. The zero-order valence-electron chi connectivity index (χ0n) is 21.3. The van der Waals surface area contributed by atoms with Crippen LogP contribution in [0.1, 0.15) is 18.2 Å². The quantitative estimate of drug-likeness (QED) is 0.131. The van der Waals surface area contributed by atoms with Gasteiger partial charge in [0.1, 0.15) is 0 Å². The monoisotopic (exact) mass is 602 g/mol. The molecule has 0 amide bonds. The summed E-state index contributed by atoms with van der Waals surface area (Å²) in [6.07, 6.45) is 0. The van der Waals surface area contributed by atoms with E-state index in [2.05, 4.69) is 15.9 Å². The van der Waals surface area contributed by atoms with Gasteiger partial charge < -0.3 is 0 Å². The molecule has 0 aliphatic heterocycles. The van der Waals surface area contributed by atoms with Crippen LogP contribution >= 0.6 is 27.3 Å². The van der Waals surface area contributed by atoms with E-state index in [1.165, 1.54) is 23.5 Å². The Morgan fingerprint density at radius 3 is 2.49 bits per heavy atom. The van der Waals surface area contributed by atoms with E-state index in [4.69, 9.17) is 10.1 Å². The largest absolute Gasteiger partial charge is 0.297 e. The van der Waals surface area contributed by atoms with Crippen LogP contribution < -0.4 is 10.4 Å². The molecule has 0 spiro atoms. The summed E-state index contributed by atoms with van der Waals surface area (Å²) in [6.45, 7) is 3.64. The maximum Gasteiger partial charge on any atom is 0.297 e. The molecule has 0 saturated heterocycles. The van der Waals surface area contributed by atoms with Crippen LogP contribution in [-0.2, 0) is 7.05 Å². The van der Waals surface area contributed by atoms with Gasteiger partial charge in [0.2, 0.25) is 4.80 Å². The third-order valence-electron chi connectivity index (χ3n) is 6.26. The lowest BCUT2D eigenvalue weighted by Crippen LogP contribution is -2.20. The lowest BCUT2D eigenvalue weighted by molar-refractivity contribution is -0.384. The molecule has 3 aromatic carbocycles. The zero-order chi connectivity index (χ0) is 27.7. The highest BCUT2D eigenvalue weighted by Crippen LogP contribution is 2.25. The normalized spacial score (nSPS) is 12.2. The Labute approximate surface area is 235 Å². The molecule has 0 aliphatic carbocycles. The Bertz CT molecular complexity index is 1860. The fourth-order valence-electron chi connectivity index (χ4n) is 4.15. The van der Waals surface area contributed by atoms with E-state index in [1.807, 2.05) is 73.9 Å². The van der Waals surface area contributed by atoms with Crippen molar-refractivity contribution in [3.63, 3.8) is 0 Å². The molecule has 0 N–H and O–H groups in total. The van der Waals surface area contributed by atoms with Crippen LogP contribution in [0.15, 0.2) is 104 Å². The van der Waals surface area contributed by atoms with Crippen molar-refractivity contribution in [3.8, 4) is 16.9 Å². The van der Waals surface area contributed by atoms with Crippen molar-refractivity contribution < 1.29 is 4.92 Å². The van der Waals surface area contributed by atoms with E-state index >= 15 is 0 Å². The third kappa shape index (κ3) is 5.18. The maximum atomic E-state index is 13.5. The van der Waals surface area contributed by atoms with E-state index in [9.17, 15) is 14.9 Å². The van der Waals surface area contributed by atoms with Crippen molar-refractivity contribution in [2.45, 2.75) is 13.8 Å². The SMILES string of the molecule is CC(=Nn1c(-c2cccc(Br)c2)csc1=Nc1c(C)n(C)n(-c2ccccc2)c1=O)c1cccc([N+](=O)[O-])c1. The second kappa shape index (κ2) is 10.8. The fraction of sp³-hybridized carbons (Fsp3) is 0.107. The molecule has 196 valence electrons. The smallest absolute Gasteiger partial charge is 0.283 e. The molecule has 9 nitrogen and oxygen atoms in total. The number of benzene rings is 3. The van der Waals surface area contributed by atoms with Crippen LogP contribution in [0.5, 0.6) is 0 Å². The Morgan fingerprint density at radius 1 is 1.03 bits per heavy atom. The summed E-state index contributed by atoms with van der Waals surface area (Å²) < 4.78 is 5.94. The molecule has 2 aromatic heterocycles. The summed E-state index contributed by atoms with van der Waals surface area (Å²) in [4.78, 5) is 29.7. The van der Waals surface area contributed by atoms with E-state index in [0.717, 1.165) is 21.4 Å². The fourth-order valence-corrected chi connectivity index (χ4v) is 5.39. The molecule has 11 heteroatoms. The predicted octanol–water partition coefficient (Wildman–Crippen LogP) is 6.19. The lowest BCUT2D eigenvalue weighted by Gasteiger charge is -2.07. The van der Waals surface area contributed by atoms with Crippen LogP contribution in [-0.4, -0.2) is 24.7 Å². The number of aromatic nitrogens is 3. The molecule has 2 heterocycles. The Hall–Kier alpha value is -4.35. The topological polar surface area (TPSA) is 99.7 Å². The van der Waals surface area contributed by atoms with Crippen molar-refractivity contribution >= 4 is 44.4 Å². The van der Waals surface area contributed by atoms with Gasteiger partial charge in [-0.1, -0.05) is 58.4 Å². The van der Waals surface area contributed by atoms with Crippen LogP contribution in [0.4, 0.5) is 11.4 Å². The van der Waals surface area contributed by atoms with Crippen LogP contribution in [0, 0.1) is 17.0 Å². The van der Waals surface area contributed by atoms with E-state index in [-0.39, 0.29) is 11.2 Å². The number of non-ortho nitro benzene ring substituents is 1.